The molecule has 0 N–H and O–H groups in total. The van der Waals surface area contributed by atoms with Crippen LogP contribution in [0.2, 0.25) is 0 Å². The van der Waals surface area contributed by atoms with Gasteiger partial charge in [-0.05, 0) is 52.6 Å². The molecule has 0 aliphatic carbocycles. The zero-order valence-corrected chi connectivity index (χ0v) is 19.0. The first-order chi connectivity index (χ1) is 16.5. The third kappa shape index (κ3) is 5.41. The molecule has 0 saturated carbocycles. The number of benzene rings is 4. The lowest BCUT2D eigenvalue weighted by molar-refractivity contribution is -0.0521. The smallest absolute Gasteiger partial charge is 0.387 e. The minimum atomic E-state index is -3.09. The highest BCUT2D eigenvalue weighted by atomic mass is 19.3. The number of rotatable bonds is 9. The van der Waals surface area contributed by atoms with E-state index in [1.54, 1.807) is 30.3 Å². The summed E-state index contributed by atoms with van der Waals surface area (Å²) >= 11 is 0. The van der Waals surface area contributed by atoms with Gasteiger partial charge in [0, 0.05) is 10.9 Å². The van der Waals surface area contributed by atoms with Gasteiger partial charge >= 0.3 is 6.61 Å². The summed E-state index contributed by atoms with van der Waals surface area (Å²) in [6.07, 6.45) is 5.77. The maximum Gasteiger partial charge on any atom is 0.387 e. The lowest BCUT2D eigenvalue weighted by atomic mass is 9.96. The van der Waals surface area contributed by atoms with Gasteiger partial charge in [-0.1, -0.05) is 86.8 Å². The maximum atomic E-state index is 15.3. The summed E-state index contributed by atoms with van der Waals surface area (Å²) in [4.78, 5) is 0. The van der Waals surface area contributed by atoms with Crippen molar-refractivity contribution in [1.29, 1.82) is 0 Å². The fourth-order valence-electron chi connectivity index (χ4n) is 4.19. The number of hydrogen-bond acceptors (Lipinski definition) is 1. The summed E-state index contributed by atoms with van der Waals surface area (Å²) in [5.41, 5.74) is 3.60. The third-order valence-corrected chi connectivity index (χ3v) is 6.01. The Balaban J connectivity index is 1.55. The molecule has 34 heavy (non-hydrogen) atoms. The van der Waals surface area contributed by atoms with Crippen LogP contribution in [0.4, 0.5) is 17.6 Å². The molecular weight excluding hydrogens is 440 g/mol. The Morgan fingerprint density at radius 2 is 1.47 bits per heavy atom. The number of hydrogen-bond donors (Lipinski definition) is 0. The van der Waals surface area contributed by atoms with E-state index >= 15 is 4.39 Å². The van der Waals surface area contributed by atoms with Gasteiger partial charge in [0.15, 0.2) is 11.6 Å². The number of fused-ring (bicyclic) bond motifs is 1. The third-order valence-electron chi connectivity index (χ3n) is 6.01. The van der Waals surface area contributed by atoms with Crippen molar-refractivity contribution in [3.63, 3.8) is 0 Å². The molecule has 0 spiro atoms. The van der Waals surface area contributed by atoms with Crippen LogP contribution in [0.1, 0.15) is 38.2 Å². The molecule has 0 aliphatic rings. The van der Waals surface area contributed by atoms with Crippen LogP contribution >= 0.6 is 0 Å². The lowest BCUT2D eigenvalue weighted by Gasteiger charge is -2.11. The van der Waals surface area contributed by atoms with Crippen LogP contribution in [-0.2, 0) is 6.42 Å². The Hall–Kier alpha value is -3.34. The Labute approximate surface area is 197 Å². The first kappa shape index (κ1) is 23.8. The molecule has 0 aromatic heterocycles. The Bertz CT molecular complexity index is 1270. The van der Waals surface area contributed by atoms with Gasteiger partial charge in [-0.15, -0.1) is 0 Å². The number of unbranched alkanes of at least 4 members (excludes halogenated alkanes) is 3. The minimum Gasteiger partial charge on any atom is -0.432 e. The molecule has 4 aromatic rings. The molecule has 0 radical (unpaired) electrons. The van der Waals surface area contributed by atoms with Crippen molar-refractivity contribution >= 4 is 10.8 Å². The lowest BCUT2D eigenvalue weighted by Crippen LogP contribution is -2.03. The zero-order chi connectivity index (χ0) is 24.1. The highest BCUT2D eigenvalue weighted by Gasteiger charge is 2.13. The first-order valence-corrected chi connectivity index (χ1v) is 11.5. The molecule has 4 rings (SSSR count). The van der Waals surface area contributed by atoms with Crippen LogP contribution in [0, 0.1) is 11.6 Å². The molecule has 1 nitrogen and oxygen atoms in total. The van der Waals surface area contributed by atoms with Crippen molar-refractivity contribution in [3.05, 3.63) is 90.0 Å². The normalized spacial score (nSPS) is 11.4. The van der Waals surface area contributed by atoms with Crippen molar-refractivity contribution in [2.75, 3.05) is 0 Å². The second-order valence-electron chi connectivity index (χ2n) is 8.39. The number of halogens is 4. The van der Waals surface area contributed by atoms with Crippen molar-refractivity contribution in [2.24, 2.45) is 0 Å². The highest BCUT2D eigenvalue weighted by Crippen LogP contribution is 2.32. The second kappa shape index (κ2) is 10.7. The Kier molecular flexibility index (Phi) is 7.51. The highest BCUT2D eigenvalue weighted by molar-refractivity contribution is 5.89. The van der Waals surface area contributed by atoms with Crippen LogP contribution in [0.25, 0.3) is 33.0 Å². The van der Waals surface area contributed by atoms with E-state index < -0.39 is 18.2 Å². The van der Waals surface area contributed by atoms with Gasteiger partial charge < -0.3 is 4.74 Å². The fraction of sp³-hybridized carbons (Fsp3) is 0.241. The van der Waals surface area contributed by atoms with E-state index in [1.807, 2.05) is 18.2 Å². The van der Waals surface area contributed by atoms with Gasteiger partial charge in [0.05, 0.1) is 0 Å². The molecule has 0 saturated heterocycles. The molecule has 0 fully saturated rings. The van der Waals surface area contributed by atoms with E-state index in [2.05, 4.69) is 17.7 Å². The Morgan fingerprint density at radius 1 is 0.735 bits per heavy atom. The van der Waals surface area contributed by atoms with Gasteiger partial charge in [-0.25, -0.2) is 8.78 Å². The molecule has 0 aliphatic heterocycles. The fourth-order valence-corrected chi connectivity index (χ4v) is 4.19. The average Bonchev–Trinajstić information content (AvgIpc) is 2.83. The minimum absolute atomic E-state index is 0.276. The standard InChI is InChI=1S/C29H26F4O/c1-2-3-4-5-6-19-7-14-25-23(17-19)12-15-24(28(25)31)21-10-8-20(9-11-21)22-13-16-27(26(30)18-22)34-29(32)33/h7-18,29H,2-6H2,1H3. The van der Waals surface area contributed by atoms with Crippen LogP contribution < -0.4 is 4.74 Å². The molecule has 4 aromatic carbocycles. The van der Waals surface area contributed by atoms with Crippen LogP contribution in [-0.4, -0.2) is 6.61 Å². The molecule has 176 valence electrons. The zero-order valence-electron chi connectivity index (χ0n) is 19.0. The van der Waals surface area contributed by atoms with Crippen molar-refractivity contribution in [2.45, 2.75) is 45.6 Å². The quantitative estimate of drug-likeness (QED) is 0.176. The summed E-state index contributed by atoms with van der Waals surface area (Å²) in [5.74, 6) is -1.65. The van der Waals surface area contributed by atoms with E-state index in [-0.39, 0.29) is 5.82 Å². The van der Waals surface area contributed by atoms with E-state index in [9.17, 15) is 13.2 Å². The first-order valence-electron chi connectivity index (χ1n) is 11.5. The SMILES string of the molecule is CCCCCCc1ccc2c(F)c(-c3ccc(-c4ccc(OC(F)F)c(F)c4)cc3)ccc2c1. The molecule has 0 amide bonds. The van der Waals surface area contributed by atoms with Gasteiger partial charge in [0.25, 0.3) is 0 Å². The average molecular weight is 467 g/mol. The van der Waals surface area contributed by atoms with Crippen molar-refractivity contribution in [1.82, 2.24) is 0 Å². The Morgan fingerprint density at radius 3 is 2.18 bits per heavy atom. The van der Waals surface area contributed by atoms with E-state index in [0.29, 0.717) is 27.6 Å². The van der Waals surface area contributed by atoms with Crippen LogP contribution in [0.15, 0.2) is 72.8 Å². The molecule has 0 heterocycles. The predicted molar refractivity (Wildman–Crippen MR) is 129 cm³/mol. The monoisotopic (exact) mass is 466 g/mol. The summed E-state index contributed by atoms with van der Waals surface area (Å²) in [5, 5.41) is 1.46. The van der Waals surface area contributed by atoms with Gasteiger partial charge in [0.2, 0.25) is 0 Å². The molecular formula is C29H26F4O. The summed E-state index contributed by atoms with van der Waals surface area (Å²) in [6, 6.07) is 20.5. The van der Waals surface area contributed by atoms with E-state index in [1.165, 1.54) is 37.0 Å². The number of alkyl halides is 2. The molecule has 5 heteroatoms. The number of ether oxygens (including phenoxy) is 1. The summed E-state index contributed by atoms with van der Waals surface area (Å²) in [6.45, 7) is -0.899. The molecule has 0 atom stereocenters. The van der Waals surface area contributed by atoms with E-state index in [4.69, 9.17) is 0 Å². The largest absolute Gasteiger partial charge is 0.432 e. The van der Waals surface area contributed by atoms with Gasteiger partial charge in [-0.3, -0.25) is 0 Å². The molecule has 0 bridgehead atoms. The van der Waals surface area contributed by atoms with Gasteiger partial charge in [0.1, 0.15) is 5.82 Å². The molecule has 0 unspecified atom stereocenters. The maximum absolute atomic E-state index is 15.3. The predicted octanol–water partition coefficient (Wildman–Crippen LogP) is 9.18. The van der Waals surface area contributed by atoms with Crippen LogP contribution in [0.3, 0.4) is 0 Å². The summed E-state index contributed by atoms with van der Waals surface area (Å²) in [7, 11) is 0. The van der Waals surface area contributed by atoms with Crippen molar-refractivity contribution < 1.29 is 22.3 Å². The van der Waals surface area contributed by atoms with E-state index in [0.717, 1.165) is 24.3 Å². The second-order valence-corrected chi connectivity index (χ2v) is 8.39. The van der Waals surface area contributed by atoms with Gasteiger partial charge in [-0.2, -0.15) is 8.78 Å². The number of aryl methyl sites for hydroxylation is 1. The van der Waals surface area contributed by atoms with Crippen molar-refractivity contribution in [3.8, 4) is 28.0 Å². The topological polar surface area (TPSA) is 9.23 Å². The van der Waals surface area contributed by atoms with Crippen LogP contribution in [0.5, 0.6) is 5.75 Å². The summed E-state index contributed by atoms with van der Waals surface area (Å²) < 4.78 is 58.2.